The van der Waals surface area contributed by atoms with E-state index in [0.29, 0.717) is 0 Å². The molecule has 0 nitrogen and oxygen atoms in total. The summed E-state index contributed by atoms with van der Waals surface area (Å²) in [6, 6.07) is 0. The molecular weight excluding hydrogens is 135 g/mol. The summed E-state index contributed by atoms with van der Waals surface area (Å²) >= 11 is 0. The maximum atomic E-state index is 2.23. The second kappa shape index (κ2) is 5.89. The Morgan fingerprint density at radius 2 is 2.12 bits per heavy atom. The smallest absolute Gasteiger partial charge is 0.0946 e. The summed E-state index contributed by atoms with van der Waals surface area (Å²) in [6.07, 6.45) is 1.30. The van der Waals surface area contributed by atoms with Crippen LogP contribution in [-0.4, -0.2) is 18.8 Å². The summed E-state index contributed by atoms with van der Waals surface area (Å²) in [4.78, 5) is 0. The van der Waals surface area contributed by atoms with Crippen LogP contribution in [0, 0.1) is 0 Å². The Labute approximate surface area is 61.0 Å². The summed E-state index contributed by atoms with van der Waals surface area (Å²) in [7, 11) is 6.17. The predicted octanol–water partition coefficient (Wildman–Crippen LogP) is 1.83. The minimum Gasteiger partial charge on any atom is -0.0946 e. The second-order valence-corrected chi connectivity index (χ2v) is 5.03. The zero-order chi connectivity index (χ0) is 6.41. The maximum absolute atomic E-state index is 2.23. The van der Waals surface area contributed by atoms with E-state index in [4.69, 9.17) is 0 Å². The summed E-state index contributed by atoms with van der Waals surface area (Å²) in [5.41, 5.74) is 0. The predicted molar refractivity (Wildman–Crippen MR) is 48.5 cm³/mol. The molecule has 0 atom stereocenters. The van der Waals surface area contributed by atoms with Gasteiger partial charge in [-0.05, 0) is 5.75 Å². The first-order valence-corrected chi connectivity index (χ1v) is 5.43. The van der Waals surface area contributed by atoms with Crippen molar-refractivity contribution in [2.75, 3.05) is 5.75 Å². The fraction of sp³-hybridized carbons (Fsp3) is 1.00. The molecule has 0 spiro atoms. The van der Waals surface area contributed by atoms with Gasteiger partial charge in [-0.1, -0.05) is 41.8 Å². The van der Waals surface area contributed by atoms with Crippen LogP contribution in [0.25, 0.3) is 0 Å². The number of rotatable bonds is 4. The van der Waals surface area contributed by atoms with Crippen molar-refractivity contribution in [3.05, 3.63) is 0 Å². The SMILES string of the molecule is BCCSSC(C)C. The van der Waals surface area contributed by atoms with Crippen molar-refractivity contribution in [1.82, 2.24) is 0 Å². The van der Waals surface area contributed by atoms with Gasteiger partial charge in [0.25, 0.3) is 0 Å². The van der Waals surface area contributed by atoms with E-state index in [1.165, 1.54) is 12.1 Å². The van der Waals surface area contributed by atoms with Gasteiger partial charge < -0.3 is 0 Å². The first kappa shape index (κ1) is 8.76. The molecule has 0 unspecified atom stereocenters. The average molecular weight is 148 g/mol. The van der Waals surface area contributed by atoms with Crippen molar-refractivity contribution in [3.8, 4) is 0 Å². The van der Waals surface area contributed by atoms with Crippen molar-refractivity contribution in [2.45, 2.75) is 25.4 Å². The molecule has 48 valence electrons. The zero-order valence-electron chi connectivity index (χ0n) is 5.81. The molecule has 0 aromatic heterocycles. The van der Waals surface area contributed by atoms with Crippen LogP contribution in [0.15, 0.2) is 0 Å². The molecule has 0 radical (unpaired) electrons. The summed E-state index contributed by atoms with van der Waals surface area (Å²) in [5.74, 6) is 1.29. The molecule has 8 heavy (non-hydrogen) atoms. The van der Waals surface area contributed by atoms with Crippen molar-refractivity contribution in [3.63, 3.8) is 0 Å². The maximum Gasteiger partial charge on any atom is 0.102 e. The highest BCUT2D eigenvalue weighted by molar-refractivity contribution is 8.76. The van der Waals surface area contributed by atoms with E-state index in [0.717, 1.165) is 5.25 Å². The van der Waals surface area contributed by atoms with E-state index in [1.807, 2.05) is 21.6 Å². The molecule has 0 aromatic rings. The Morgan fingerprint density at radius 1 is 1.50 bits per heavy atom. The van der Waals surface area contributed by atoms with Gasteiger partial charge in [-0.2, -0.15) is 0 Å². The first-order chi connectivity index (χ1) is 3.77. The van der Waals surface area contributed by atoms with Crippen LogP contribution < -0.4 is 0 Å². The lowest BCUT2D eigenvalue weighted by Gasteiger charge is -2.00. The van der Waals surface area contributed by atoms with E-state index in [2.05, 4.69) is 21.7 Å². The van der Waals surface area contributed by atoms with Gasteiger partial charge in [0, 0.05) is 5.25 Å². The molecule has 0 saturated carbocycles. The largest absolute Gasteiger partial charge is 0.102 e. The van der Waals surface area contributed by atoms with E-state index >= 15 is 0 Å². The van der Waals surface area contributed by atoms with Crippen LogP contribution in [0.1, 0.15) is 13.8 Å². The second-order valence-electron chi connectivity index (χ2n) is 1.97. The van der Waals surface area contributed by atoms with Crippen molar-refractivity contribution >= 4 is 29.4 Å². The van der Waals surface area contributed by atoms with Gasteiger partial charge in [-0.15, -0.1) is 0 Å². The van der Waals surface area contributed by atoms with Crippen LogP contribution in [-0.2, 0) is 0 Å². The third kappa shape index (κ3) is 6.76. The Hall–Kier alpha value is 0.765. The minimum atomic E-state index is 0.784. The summed E-state index contributed by atoms with van der Waals surface area (Å²) in [6.45, 7) is 4.46. The minimum absolute atomic E-state index is 0.784. The van der Waals surface area contributed by atoms with Gasteiger partial charge in [0.05, 0.1) is 0 Å². The first-order valence-electron chi connectivity index (χ1n) is 3.05. The van der Waals surface area contributed by atoms with Crippen LogP contribution in [0.2, 0.25) is 6.32 Å². The highest BCUT2D eigenvalue weighted by Gasteiger charge is 1.91. The van der Waals surface area contributed by atoms with Gasteiger partial charge in [0.15, 0.2) is 0 Å². The fourth-order valence-electron chi connectivity index (χ4n) is 0.268. The van der Waals surface area contributed by atoms with Gasteiger partial charge in [0.2, 0.25) is 0 Å². The van der Waals surface area contributed by atoms with E-state index < -0.39 is 0 Å². The van der Waals surface area contributed by atoms with Crippen LogP contribution in [0.5, 0.6) is 0 Å². The molecule has 0 aromatic carbocycles. The highest BCUT2D eigenvalue weighted by atomic mass is 33.1. The van der Waals surface area contributed by atoms with E-state index in [-0.39, 0.29) is 0 Å². The third-order valence-corrected chi connectivity index (χ3v) is 3.71. The molecule has 0 saturated heterocycles. The molecular formula is C5H13BS2. The molecule has 0 heterocycles. The molecule has 0 aliphatic heterocycles. The summed E-state index contributed by atoms with van der Waals surface area (Å²) in [5, 5.41) is 0.784. The van der Waals surface area contributed by atoms with Gasteiger partial charge in [0.1, 0.15) is 7.85 Å². The molecule has 0 aliphatic carbocycles. The Balaban J connectivity index is 2.72. The Kier molecular flexibility index (Phi) is 6.46. The molecule has 3 heteroatoms. The van der Waals surface area contributed by atoms with Crippen LogP contribution in [0.4, 0.5) is 0 Å². The lowest BCUT2D eigenvalue weighted by Crippen LogP contribution is -1.81. The third-order valence-electron chi connectivity index (χ3n) is 0.548. The lowest BCUT2D eigenvalue weighted by molar-refractivity contribution is 1.12. The monoisotopic (exact) mass is 148 g/mol. The van der Waals surface area contributed by atoms with Gasteiger partial charge in [-0.3, -0.25) is 0 Å². The van der Waals surface area contributed by atoms with Crippen LogP contribution >= 0.6 is 21.6 Å². The fourth-order valence-corrected chi connectivity index (χ4v) is 2.41. The van der Waals surface area contributed by atoms with Gasteiger partial charge in [-0.25, -0.2) is 0 Å². The standard InChI is InChI=1S/C5H13BS2/c1-5(2)8-7-4-3-6/h5H,3-4,6H2,1-2H3. The summed E-state index contributed by atoms with van der Waals surface area (Å²) < 4.78 is 0. The molecule has 0 aliphatic rings. The zero-order valence-corrected chi connectivity index (χ0v) is 7.44. The van der Waals surface area contributed by atoms with E-state index in [9.17, 15) is 0 Å². The van der Waals surface area contributed by atoms with Crippen molar-refractivity contribution < 1.29 is 0 Å². The topological polar surface area (TPSA) is 0 Å². The molecule has 0 bridgehead atoms. The molecule has 0 fully saturated rings. The van der Waals surface area contributed by atoms with Crippen molar-refractivity contribution in [2.24, 2.45) is 0 Å². The molecule has 0 N–H and O–H groups in total. The average Bonchev–Trinajstić information content (AvgIpc) is 1.66. The number of hydrogen-bond donors (Lipinski definition) is 0. The lowest BCUT2D eigenvalue weighted by atomic mass is 10.1. The molecule has 0 rings (SSSR count). The number of hydrogen-bond acceptors (Lipinski definition) is 2. The quantitative estimate of drug-likeness (QED) is 0.339. The Morgan fingerprint density at radius 3 is 2.50 bits per heavy atom. The highest BCUT2D eigenvalue weighted by Crippen LogP contribution is 2.25. The van der Waals surface area contributed by atoms with Crippen LogP contribution in [0.3, 0.4) is 0 Å². The molecule has 0 amide bonds. The van der Waals surface area contributed by atoms with E-state index in [1.54, 1.807) is 0 Å². The normalized spacial score (nSPS) is 10.4. The van der Waals surface area contributed by atoms with Crippen molar-refractivity contribution in [1.29, 1.82) is 0 Å². The van der Waals surface area contributed by atoms with Gasteiger partial charge >= 0.3 is 0 Å². The Bertz CT molecular complexity index is 47.7.